The van der Waals surface area contributed by atoms with Crippen molar-refractivity contribution in [3.05, 3.63) is 79.9 Å². The number of anilines is 2. The van der Waals surface area contributed by atoms with Crippen LogP contribution in [0.5, 0.6) is 11.5 Å². The molecule has 0 saturated heterocycles. The van der Waals surface area contributed by atoms with Crippen LogP contribution in [0.4, 0.5) is 11.4 Å². The molecule has 0 heterocycles. The summed E-state index contributed by atoms with van der Waals surface area (Å²) in [6.07, 6.45) is 5.88. The average Bonchev–Trinajstić information content (AvgIpc) is 2.58. The molecule has 0 atom stereocenters. The second-order valence-corrected chi connectivity index (χ2v) is 5.53. The monoisotopic (exact) mass is 370 g/mol. The van der Waals surface area contributed by atoms with Crippen molar-refractivity contribution in [1.29, 1.82) is 0 Å². The van der Waals surface area contributed by atoms with Crippen molar-refractivity contribution in [3.63, 3.8) is 0 Å². The predicted octanol–water partition coefficient (Wildman–Crippen LogP) is 3.22. The molecule has 9 nitrogen and oxygen atoms in total. The van der Waals surface area contributed by atoms with Gasteiger partial charge in [0.1, 0.15) is 11.5 Å². The minimum absolute atomic E-state index is 0.328. The number of rotatable bonds is 8. The van der Waals surface area contributed by atoms with Gasteiger partial charge in [-0.25, -0.2) is 0 Å². The molecule has 2 aromatic carbocycles. The van der Waals surface area contributed by atoms with Gasteiger partial charge in [0.2, 0.25) is 13.1 Å². The summed E-state index contributed by atoms with van der Waals surface area (Å²) in [7, 11) is 0. The summed E-state index contributed by atoms with van der Waals surface area (Å²) >= 11 is 0. The Morgan fingerprint density at radius 1 is 0.815 bits per heavy atom. The molecule has 27 heavy (non-hydrogen) atoms. The van der Waals surface area contributed by atoms with Gasteiger partial charge in [0.15, 0.2) is 0 Å². The zero-order chi connectivity index (χ0) is 19.8. The van der Waals surface area contributed by atoms with Gasteiger partial charge >= 0.3 is 0 Å². The van der Waals surface area contributed by atoms with E-state index in [0.29, 0.717) is 34.0 Å². The summed E-state index contributed by atoms with van der Waals surface area (Å²) in [4.78, 5) is 20.1. The number of ether oxygens (including phenoxy) is 1. The van der Waals surface area contributed by atoms with E-state index >= 15 is 0 Å². The highest BCUT2D eigenvalue weighted by molar-refractivity contribution is 5.66. The summed E-state index contributed by atoms with van der Waals surface area (Å²) in [6, 6.07) is 9.82. The molecule has 0 aliphatic carbocycles. The molecule has 4 N–H and O–H groups in total. The minimum atomic E-state index is -0.457. The molecule has 2 aromatic rings. The van der Waals surface area contributed by atoms with Gasteiger partial charge in [0, 0.05) is 32.3 Å². The molecule has 0 aliphatic rings. The van der Waals surface area contributed by atoms with Crippen LogP contribution in [0.25, 0.3) is 12.2 Å². The normalized spacial score (nSPS) is 11.1. The van der Waals surface area contributed by atoms with Crippen LogP contribution in [0.2, 0.25) is 0 Å². The Labute approximate surface area is 154 Å². The van der Waals surface area contributed by atoms with E-state index in [0.717, 1.165) is 0 Å². The average molecular weight is 370 g/mol. The molecule has 0 unspecified atom stereocenters. The number of hydrogen-bond acceptors (Lipinski definition) is 7. The van der Waals surface area contributed by atoms with Gasteiger partial charge < -0.3 is 16.2 Å². The fourth-order valence-corrected chi connectivity index (χ4v) is 2.23. The highest BCUT2D eigenvalue weighted by atomic mass is 16.6. The summed E-state index contributed by atoms with van der Waals surface area (Å²) in [6.45, 7) is -0.657. The van der Waals surface area contributed by atoms with Crippen LogP contribution in [-0.2, 0) is 0 Å². The topological polar surface area (TPSA) is 148 Å². The molecule has 140 valence electrons. The maximum Gasteiger partial charge on any atom is 0.222 e. The Morgan fingerprint density at radius 2 is 1.22 bits per heavy atom. The van der Waals surface area contributed by atoms with Crippen molar-refractivity contribution in [2.45, 2.75) is 0 Å². The standard InChI is InChI=1S/C18H18N4O5/c19-15-5-7-17(13(11-15)3-1-9-21(23)24)27-18-8-6-16(20)12-14(18)4-2-10-22(25)26/h1-8,11-12H,9-10,19-20H2. The number of hydrogen-bond donors (Lipinski definition) is 2. The Balaban J connectivity index is 2.33. The van der Waals surface area contributed by atoms with Gasteiger partial charge in [0.25, 0.3) is 0 Å². The van der Waals surface area contributed by atoms with Crippen molar-refractivity contribution >= 4 is 23.5 Å². The van der Waals surface area contributed by atoms with E-state index in [4.69, 9.17) is 16.2 Å². The van der Waals surface area contributed by atoms with Crippen molar-refractivity contribution in [2.24, 2.45) is 0 Å². The molecule has 0 radical (unpaired) electrons. The smallest absolute Gasteiger partial charge is 0.222 e. The molecule has 0 aromatic heterocycles. The van der Waals surface area contributed by atoms with Gasteiger partial charge in [-0.3, -0.25) is 20.2 Å². The molecule has 0 spiro atoms. The van der Waals surface area contributed by atoms with E-state index in [9.17, 15) is 20.2 Å². The number of nitrogen functional groups attached to an aromatic ring is 2. The van der Waals surface area contributed by atoms with Gasteiger partial charge in [-0.2, -0.15) is 0 Å². The number of nitrogens with zero attached hydrogens (tertiary/aromatic N) is 2. The first kappa shape index (κ1) is 19.4. The van der Waals surface area contributed by atoms with Crippen molar-refractivity contribution in [2.75, 3.05) is 24.6 Å². The fraction of sp³-hybridized carbons (Fsp3) is 0.111. The van der Waals surface area contributed by atoms with Crippen LogP contribution in [0.15, 0.2) is 48.6 Å². The van der Waals surface area contributed by atoms with E-state index in [-0.39, 0.29) is 13.1 Å². The van der Waals surface area contributed by atoms with Crippen LogP contribution in [0, 0.1) is 20.2 Å². The van der Waals surface area contributed by atoms with Crippen molar-refractivity contribution < 1.29 is 14.6 Å². The maximum atomic E-state index is 10.5. The van der Waals surface area contributed by atoms with Crippen molar-refractivity contribution in [1.82, 2.24) is 0 Å². The molecule has 9 heteroatoms. The zero-order valence-electron chi connectivity index (χ0n) is 14.3. The van der Waals surface area contributed by atoms with Crippen molar-refractivity contribution in [3.8, 4) is 11.5 Å². The maximum absolute atomic E-state index is 10.5. The molecule has 0 saturated carbocycles. The van der Waals surface area contributed by atoms with E-state index < -0.39 is 9.85 Å². The summed E-state index contributed by atoms with van der Waals surface area (Å²) < 4.78 is 5.91. The first-order chi connectivity index (χ1) is 12.8. The summed E-state index contributed by atoms with van der Waals surface area (Å²) in [5.41, 5.74) is 13.6. The largest absolute Gasteiger partial charge is 0.456 e. The third-order valence-electron chi connectivity index (χ3n) is 3.39. The second-order valence-electron chi connectivity index (χ2n) is 5.53. The lowest BCUT2D eigenvalue weighted by atomic mass is 10.1. The van der Waals surface area contributed by atoms with Crippen LogP contribution in [-0.4, -0.2) is 22.9 Å². The van der Waals surface area contributed by atoms with Crippen LogP contribution < -0.4 is 16.2 Å². The third kappa shape index (κ3) is 6.16. The highest BCUT2D eigenvalue weighted by Gasteiger charge is 2.08. The zero-order valence-corrected chi connectivity index (χ0v) is 14.3. The number of nitrogens with two attached hydrogens (primary N) is 2. The molecule has 0 bridgehead atoms. The Hall–Kier alpha value is -3.88. The predicted molar refractivity (Wildman–Crippen MR) is 104 cm³/mol. The second kappa shape index (κ2) is 8.99. The van der Waals surface area contributed by atoms with E-state index in [2.05, 4.69) is 0 Å². The Bertz CT molecular complexity index is 835. The van der Waals surface area contributed by atoms with Gasteiger partial charge in [-0.1, -0.05) is 0 Å². The lowest BCUT2D eigenvalue weighted by molar-refractivity contribution is -0.468. The molecule has 2 rings (SSSR count). The van der Waals surface area contributed by atoms with Crippen LogP contribution in [0.3, 0.4) is 0 Å². The summed E-state index contributed by atoms with van der Waals surface area (Å²) in [5.74, 6) is 0.856. The SMILES string of the molecule is Nc1ccc(Oc2ccc(N)cc2C=CC[N+](=O)[O-])c(C=CC[N+](=O)[O-])c1. The Morgan fingerprint density at radius 3 is 1.59 bits per heavy atom. The van der Waals surface area contributed by atoms with Crippen LogP contribution in [0.1, 0.15) is 11.1 Å². The fourth-order valence-electron chi connectivity index (χ4n) is 2.23. The molecular formula is C18H18N4O5. The molecule has 0 aliphatic heterocycles. The first-order valence-corrected chi connectivity index (χ1v) is 7.88. The first-order valence-electron chi connectivity index (χ1n) is 7.88. The highest BCUT2D eigenvalue weighted by Crippen LogP contribution is 2.32. The molecule has 0 fully saturated rings. The van der Waals surface area contributed by atoms with Gasteiger partial charge in [0.05, 0.1) is 0 Å². The lowest BCUT2D eigenvalue weighted by Crippen LogP contribution is -1.97. The quantitative estimate of drug-likeness (QED) is 0.412. The number of benzene rings is 2. The van der Waals surface area contributed by atoms with Crippen LogP contribution >= 0.6 is 0 Å². The minimum Gasteiger partial charge on any atom is -0.456 e. The van der Waals surface area contributed by atoms with Gasteiger partial charge in [-0.15, -0.1) is 0 Å². The molecular weight excluding hydrogens is 352 g/mol. The number of nitro groups is 2. The van der Waals surface area contributed by atoms with E-state index in [1.807, 2.05) is 0 Å². The third-order valence-corrected chi connectivity index (χ3v) is 3.39. The van der Waals surface area contributed by atoms with E-state index in [1.54, 1.807) is 48.6 Å². The Kier molecular flexibility index (Phi) is 6.48. The molecule has 0 amide bonds. The lowest BCUT2D eigenvalue weighted by Gasteiger charge is -2.12. The summed E-state index contributed by atoms with van der Waals surface area (Å²) in [5, 5.41) is 21.0. The van der Waals surface area contributed by atoms with E-state index in [1.165, 1.54) is 12.2 Å². The van der Waals surface area contributed by atoms with Gasteiger partial charge in [-0.05, 0) is 60.7 Å².